The molecule has 0 saturated heterocycles. The molecule has 0 fully saturated rings. The number of aromatic hydroxyl groups is 2. The lowest BCUT2D eigenvalue weighted by Gasteiger charge is -2.25. The Hall–Kier alpha value is -3.09. The summed E-state index contributed by atoms with van der Waals surface area (Å²) in [7, 11) is 0. The van der Waals surface area contributed by atoms with Crippen molar-refractivity contribution in [2.75, 3.05) is 13.1 Å². The Kier molecular flexibility index (Phi) is 11.8. The number of hydrogen-bond donors (Lipinski definition) is 3. The molecule has 1 aromatic carbocycles. The summed E-state index contributed by atoms with van der Waals surface area (Å²) in [5, 5.41) is 25.5. The molecule has 0 saturated carbocycles. The molecule has 0 aliphatic carbocycles. The van der Waals surface area contributed by atoms with Gasteiger partial charge in [0.25, 0.3) is 11.1 Å². The van der Waals surface area contributed by atoms with Gasteiger partial charge in [0, 0.05) is 26.2 Å². The van der Waals surface area contributed by atoms with Crippen LogP contribution < -0.4 is 16.4 Å². The number of rotatable bonds is 9. The highest BCUT2D eigenvalue weighted by molar-refractivity contribution is 7.71. The van der Waals surface area contributed by atoms with E-state index in [0.29, 0.717) is 5.56 Å². The summed E-state index contributed by atoms with van der Waals surface area (Å²) in [4.78, 5) is 27.2. The molecule has 12 heteroatoms. The molecule has 0 amide bonds. The Morgan fingerprint density at radius 2 is 1.08 bits per heavy atom. The summed E-state index contributed by atoms with van der Waals surface area (Å²) in [5.41, 5.74) is -1.14. The quantitative estimate of drug-likeness (QED) is 0.321. The second kappa shape index (κ2) is 14.3. The molecule has 9 nitrogen and oxygen atoms in total. The van der Waals surface area contributed by atoms with Crippen molar-refractivity contribution in [2.24, 2.45) is 0 Å². The lowest BCUT2D eigenvalue weighted by atomic mass is 9.86. The van der Waals surface area contributed by atoms with Gasteiger partial charge in [0.05, 0.1) is 17.0 Å². The first-order chi connectivity index (χ1) is 18.6. The fraction of sp³-hybridized carbons (Fsp3) is 0.481. The summed E-state index contributed by atoms with van der Waals surface area (Å²) in [5.74, 6) is -2.55. The highest BCUT2D eigenvalue weighted by Gasteiger charge is 2.33. The summed E-state index contributed by atoms with van der Waals surface area (Å²) in [6.07, 6.45) is 0. The van der Waals surface area contributed by atoms with Crippen LogP contribution in [0.15, 0.2) is 33.9 Å². The van der Waals surface area contributed by atoms with E-state index in [1.165, 1.54) is 42.5 Å². The fourth-order valence-electron chi connectivity index (χ4n) is 4.44. The van der Waals surface area contributed by atoms with E-state index >= 15 is 0 Å². The van der Waals surface area contributed by atoms with Gasteiger partial charge in [-0.2, -0.15) is 0 Å². The van der Waals surface area contributed by atoms with Crippen LogP contribution in [0.25, 0.3) is 0 Å². The Morgan fingerprint density at radius 3 is 1.36 bits per heavy atom. The molecule has 39 heavy (non-hydrogen) atoms. The Balaban J connectivity index is 0.000000976. The topological polar surface area (TPSA) is 106 Å². The van der Waals surface area contributed by atoms with Gasteiger partial charge in [0.2, 0.25) is 11.8 Å². The minimum Gasteiger partial charge on any atom is -0.494 e. The maximum atomic E-state index is 13.8. The highest BCUT2D eigenvalue weighted by Crippen LogP contribution is 2.37. The molecular weight excluding hydrogens is 541 g/mol. The normalized spacial score (nSPS) is 11.0. The van der Waals surface area contributed by atoms with Crippen LogP contribution >= 0.6 is 24.4 Å². The van der Waals surface area contributed by atoms with Crippen molar-refractivity contribution < 1.29 is 14.6 Å². The van der Waals surface area contributed by atoms with Crippen LogP contribution in [0, 0.1) is 15.4 Å². The number of nitrogens with zero attached hydrogens (tertiary/aromatic N) is 4. The van der Waals surface area contributed by atoms with Crippen molar-refractivity contribution in [1.82, 2.24) is 23.6 Å². The van der Waals surface area contributed by atoms with Crippen LogP contribution in [-0.2, 0) is 26.2 Å². The zero-order valence-electron chi connectivity index (χ0n) is 23.3. The molecule has 214 valence electrons. The third-order valence-corrected chi connectivity index (χ3v) is 7.30. The summed E-state index contributed by atoms with van der Waals surface area (Å²) in [6, 6.07) is 5.22. The standard InChI is InChI=1S/C23H27FN4O4S2.C4H11N/c1-5-25-18(29)16(19(30)26(6-2)22(25)33)15(13-9-11-14(24)12-10-13)17-20(31)27(7-3)23(34)28(8-4)21(17)32;1-3-5-4-2/h9-12,15,29,31H,5-8H2,1-4H3;5H,3-4H2,1-2H3. The van der Waals surface area contributed by atoms with Crippen LogP contribution in [0.3, 0.4) is 0 Å². The maximum Gasteiger partial charge on any atom is 0.262 e. The van der Waals surface area contributed by atoms with Gasteiger partial charge in [-0.15, -0.1) is 0 Å². The first kappa shape index (κ1) is 32.1. The SMILES string of the molecule is CCNCC.CCn1c(O)c(C(c2ccc(F)cc2)c2c(O)n(CC)c(=S)n(CC)c2=O)c(=O)n(CC)c1=S. The van der Waals surface area contributed by atoms with Crippen LogP contribution in [0.5, 0.6) is 11.8 Å². The minimum atomic E-state index is -1.21. The molecule has 2 heterocycles. The summed E-state index contributed by atoms with van der Waals surface area (Å²) < 4.78 is 19.5. The third kappa shape index (κ3) is 6.39. The fourth-order valence-corrected chi connectivity index (χ4v) is 5.29. The van der Waals surface area contributed by atoms with Crippen molar-refractivity contribution in [3.8, 4) is 11.8 Å². The molecule has 0 aliphatic rings. The number of aromatic nitrogens is 4. The number of benzene rings is 1. The van der Waals surface area contributed by atoms with E-state index in [1.807, 2.05) is 0 Å². The second-order valence-corrected chi connectivity index (χ2v) is 9.30. The number of hydrogen-bond acceptors (Lipinski definition) is 7. The van der Waals surface area contributed by atoms with Crippen molar-refractivity contribution in [2.45, 2.75) is 73.6 Å². The molecule has 3 aromatic rings. The maximum absolute atomic E-state index is 13.8. The average molecular weight is 580 g/mol. The molecule has 0 radical (unpaired) electrons. The van der Waals surface area contributed by atoms with E-state index in [4.69, 9.17) is 24.4 Å². The molecule has 0 spiro atoms. The lowest BCUT2D eigenvalue weighted by Crippen LogP contribution is -2.34. The van der Waals surface area contributed by atoms with E-state index in [9.17, 15) is 24.2 Å². The molecule has 0 atom stereocenters. The van der Waals surface area contributed by atoms with Crippen LogP contribution in [-0.4, -0.2) is 41.6 Å². The molecule has 3 N–H and O–H groups in total. The molecule has 0 bridgehead atoms. The number of halogens is 1. The molecule has 0 unspecified atom stereocenters. The first-order valence-electron chi connectivity index (χ1n) is 13.1. The van der Waals surface area contributed by atoms with Gasteiger partial charge in [-0.05, 0) is 82.9 Å². The van der Waals surface area contributed by atoms with Crippen molar-refractivity contribution in [1.29, 1.82) is 0 Å². The smallest absolute Gasteiger partial charge is 0.262 e. The van der Waals surface area contributed by atoms with Gasteiger partial charge >= 0.3 is 0 Å². The van der Waals surface area contributed by atoms with Gasteiger partial charge in [-0.3, -0.25) is 27.9 Å². The lowest BCUT2D eigenvalue weighted by molar-refractivity contribution is 0.380. The zero-order chi connectivity index (χ0) is 29.4. The van der Waals surface area contributed by atoms with Gasteiger partial charge in [0.15, 0.2) is 9.54 Å². The molecule has 2 aromatic heterocycles. The predicted octanol–water partition coefficient (Wildman–Crippen LogP) is 4.50. The van der Waals surface area contributed by atoms with Gasteiger partial charge in [0.1, 0.15) is 5.82 Å². The van der Waals surface area contributed by atoms with E-state index in [1.54, 1.807) is 27.7 Å². The van der Waals surface area contributed by atoms with Crippen LogP contribution in [0.2, 0.25) is 0 Å². The zero-order valence-corrected chi connectivity index (χ0v) is 25.0. The molecular formula is C27H38FN5O4S2. The van der Waals surface area contributed by atoms with Crippen molar-refractivity contribution in [3.63, 3.8) is 0 Å². The largest absolute Gasteiger partial charge is 0.494 e. The monoisotopic (exact) mass is 579 g/mol. The van der Waals surface area contributed by atoms with Crippen molar-refractivity contribution in [3.05, 3.63) is 77.0 Å². The summed E-state index contributed by atoms with van der Waals surface area (Å²) >= 11 is 10.8. The Morgan fingerprint density at radius 1 is 0.718 bits per heavy atom. The highest BCUT2D eigenvalue weighted by atomic mass is 32.1. The van der Waals surface area contributed by atoms with Gasteiger partial charge in [-0.25, -0.2) is 4.39 Å². The predicted molar refractivity (Wildman–Crippen MR) is 157 cm³/mol. The number of nitrogens with one attached hydrogen (secondary N) is 1. The van der Waals surface area contributed by atoms with Crippen molar-refractivity contribution >= 4 is 24.4 Å². The molecule has 3 rings (SSSR count). The van der Waals surface area contributed by atoms with Crippen LogP contribution in [0.4, 0.5) is 4.39 Å². The minimum absolute atomic E-state index is 0.133. The summed E-state index contributed by atoms with van der Waals surface area (Å²) in [6.45, 7) is 14.4. The van der Waals surface area contributed by atoms with Crippen LogP contribution in [0.1, 0.15) is 64.2 Å². The second-order valence-electron chi connectivity index (χ2n) is 8.57. The first-order valence-corrected chi connectivity index (χ1v) is 14.0. The van der Waals surface area contributed by atoms with E-state index in [-0.39, 0.29) is 46.8 Å². The Bertz CT molecular complexity index is 1430. The average Bonchev–Trinajstić information content (AvgIpc) is 2.90. The van der Waals surface area contributed by atoms with E-state index in [2.05, 4.69) is 19.2 Å². The van der Waals surface area contributed by atoms with Gasteiger partial charge in [-0.1, -0.05) is 26.0 Å². The Labute approximate surface area is 237 Å². The van der Waals surface area contributed by atoms with E-state index < -0.39 is 34.6 Å². The molecule has 0 aliphatic heterocycles. The van der Waals surface area contributed by atoms with Gasteiger partial charge < -0.3 is 15.5 Å². The van der Waals surface area contributed by atoms with E-state index in [0.717, 1.165) is 13.1 Å². The third-order valence-electron chi connectivity index (χ3n) is 6.41.